The average Bonchev–Trinajstić information content (AvgIpc) is 2.98. The van der Waals surface area contributed by atoms with E-state index in [1.807, 2.05) is 66.9 Å². The van der Waals surface area contributed by atoms with Crippen molar-refractivity contribution in [2.75, 3.05) is 6.26 Å². The van der Waals surface area contributed by atoms with Crippen LogP contribution in [0.4, 0.5) is 5.95 Å². The molecule has 0 aliphatic heterocycles. The van der Waals surface area contributed by atoms with E-state index in [1.165, 1.54) is 11.8 Å². The van der Waals surface area contributed by atoms with Crippen LogP contribution in [0, 0.1) is 0 Å². The summed E-state index contributed by atoms with van der Waals surface area (Å²) >= 11 is 1.50. The number of hydrogen-bond acceptors (Lipinski definition) is 4. The first kappa shape index (κ1) is 13.6. The molecule has 5 heteroatoms. The second-order valence-corrected chi connectivity index (χ2v) is 5.09. The maximum Gasteiger partial charge on any atom is 0.253 e. The number of rotatable bonds is 4. The van der Waals surface area contributed by atoms with Crippen molar-refractivity contribution in [1.29, 1.82) is 0 Å². The van der Waals surface area contributed by atoms with Crippen LogP contribution in [0.5, 0.6) is 0 Å². The topological polar surface area (TPSA) is 43.1 Å². The van der Waals surface area contributed by atoms with Gasteiger partial charge in [-0.3, -0.25) is 0 Å². The molecule has 0 fully saturated rings. The summed E-state index contributed by atoms with van der Waals surface area (Å²) in [6.45, 7) is 0. The third-order valence-corrected chi connectivity index (χ3v) is 3.42. The summed E-state index contributed by atoms with van der Waals surface area (Å²) in [7, 11) is 0. The summed E-state index contributed by atoms with van der Waals surface area (Å²) < 4.78 is 1.76. The zero-order chi connectivity index (χ0) is 14.5. The van der Waals surface area contributed by atoms with Gasteiger partial charge < -0.3 is 0 Å². The standard InChI is InChI=1S/C16H14N4S/c1-21-16-18-15(17-12-13-8-4-2-5-9-13)20(19-16)14-10-6-3-7-11-14/h2-12H,1H3/b17-12+. The van der Waals surface area contributed by atoms with Crippen molar-refractivity contribution in [2.45, 2.75) is 5.16 Å². The molecule has 0 saturated heterocycles. The van der Waals surface area contributed by atoms with Crippen LogP contribution in [0.1, 0.15) is 5.56 Å². The van der Waals surface area contributed by atoms with Gasteiger partial charge in [0.15, 0.2) is 0 Å². The lowest BCUT2D eigenvalue weighted by Crippen LogP contribution is -1.95. The molecule has 4 nitrogen and oxygen atoms in total. The monoisotopic (exact) mass is 294 g/mol. The first-order chi connectivity index (χ1) is 10.4. The molecule has 0 radical (unpaired) electrons. The van der Waals surface area contributed by atoms with Gasteiger partial charge in [0.25, 0.3) is 5.95 Å². The molecule has 0 N–H and O–H groups in total. The third-order valence-electron chi connectivity index (χ3n) is 2.88. The molecule has 1 heterocycles. The fourth-order valence-electron chi connectivity index (χ4n) is 1.87. The predicted octanol–water partition coefficient (Wildman–Crippen LogP) is 3.74. The minimum Gasteiger partial charge on any atom is -0.219 e. The third kappa shape index (κ3) is 3.20. The van der Waals surface area contributed by atoms with Crippen LogP contribution < -0.4 is 0 Å². The van der Waals surface area contributed by atoms with Gasteiger partial charge in [0.1, 0.15) is 0 Å². The van der Waals surface area contributed by atoms with Crippen LogP contribution >= 0.6 is 11.8 Å². The molecule has 104 valence electrons. The van der Waals surface area contributed by atoms with E-state index in [-0.39, 0.29) is 0 Å². The van der Waals surface area contributed by atoms with E-state index in [0.29, 0.717) is 11.1 Å². The highest BCUT2D eigenvalue weighted by Gasteiger charge is 2.09. The minimum absolute atomic E-state index is 0.578. The van der Waals surface area contributed by atoms with E-state index in [1.54, 1.807) is 10.9 Å². The highest BCUT2D eigenvalue weighted by atomic mass is 32.2. The highest BCUT2D eigenvalue weighted by Crippen LogP contribution is 2.20. The van der Waals surface area contributed by atoms with Gasteiger partial charge in [-0.05, 0) is 24.0 Å². The first-order valence-electron chi connectivity index (χ1n) is 6.52. The molecular weight excluding hydrogens is 280 g/mol. The summed E-state index contributed by atoms with van der Waals surface area (Å²) in [4.78, 5) is 8.91. The van der Waals surface area contributed by atoms with Crippen LogP contribution in [0.15, 0.2) is 70.8 Å². The van der Waals surface area contributed by atoms with Crippen molar-refractivity contribution in [3.8, 4) is 5.69 Å². The molecule has 0 saturated carbocycles. The lowest BCUT2D eigenvalue weighted by atomic mass is 10.2. The fraction of sp³-hybridized carbons (Fsp3) is 0.0625. The average molecular weight is 294 g/mol. The molecule has 0 amide bonds. The lowest BCUT2D eigenvalue weighted by Gasteiger charge is -2.01. The van der Waals surface area contributed by atoms with Gasteiger partial charge in [-0.2, -0.15) is 9.67 Å². The Balaban J connectivity index is 1.98. The quantitative estimate of drug-likeness (QED) is 0.544. The van der Waals surface area contributed by atoms with Gasteiger partial charge >= 0.3 is 0 Å². The van der Waals surface area contributed by atoms with Crippen molar-refractivity contribution in [2.24, 2.45) is 4.99 Å². The summed E-state index contributed by atoms with van der Waals surface area (Å²) in [5, 5.41) is 5.17. The number of aromatic nitrogens is 3. The fourth-order valence-corrected chi connectivity index (χ4v) is 2.21. The maximum atomic E-state index is 4.47. The minimum atomic E-state index is 0.578. The van der Waals surface area contributed by atoms with Gasteiger partial charge in [-0.1, -0.05) is 60.3 Å². The number of benzene rings is 2. The Labute approximate surface area is 127 Å². The van der Waals surface area contributed by atoms with E-state index in [4.69, 9.17) is 0 Å². The largest absolute Gasteiger partial charge is 0.253 e. The normalized spacial score (nSPS) is 11.1. The van der Waals surface area contributed by atoms with E-state index >= 15 is 0 Å². The SMILES string of the molecule is CSc1nc(/N=C/c2ccccc2)n(-c2ccccc2)n1. The second-order valence-electron chi connectivity index (χ2n) is 4.31. The predicted molar refractivity (Wildman–Crippen MR) is 86.8 cm³/mol. The van der Waals surface area contributed by atoms with Crippen LogP contribution in [0.3, 0.4) is 0 Å². The molecule has 0 atom stereocenters. The molecule has 0 aliphatic carbocycles. The molecule has 2 aromatic carbocycles. The molecule has 1 aromatic heterocycles. The Morgan fingerprint density at radius 2 is 1.67 bits per heavy atom. The second kappa shape index (κ2) is 6.37. The highest BCUT2D eigenvalue weighted by molar-refractivity contribution is 7.98. The number of hydrogen-bond donors (Lipinski definition) is 0. The van der Waals surface area contributed by atoms with E-state index in [0.717, 1.165) is 11.3 Å². The molecule has 3 rings (SSSR count). The number of thioether (sulfide) groups is 1. The van der Waals surface area contributed by atoms with Crippen LogP contribution in [0.25, 0.3) is 5.69 Å². The lowest BCUT2D eigenvalue weighted by molar-refractivity contribution is 0.836. The molecule has 0 aliphatic rings. The zero-order valence-electron chi connectivity index (χ0n) is 11.5. The van der Waals surface area contributed by atoms with Crippen molar-refractivity contribution in [1.82, 2.24) is 14.8 Å². The number of aliphatic imine (C=N–C) groups is 1. The molecular formula is C16H14N4S. The van der Waals surface area contributed by atoms with Gasteiger partial charge in [0, 0.05) is 6.21 Å². The Morgan fingerprint density at radius 1 is 1.00 bits per heavy atom. The smallest absolute Gasteiger partial charge is 0.219 e. The molecule has 0 unspecified atom stereocenters. The van der Waals surface area contributed by atoms with E-state index in [9.17, 15) is 0 Å². The van der Waals surface area contributed by atoms with Crippen LogP contribution in [0.2, 0.25) is 0 Å². The summed E-state index contributed by atoms with van der Waals surface area (Å²) in [6.07, 6.45) is 3.75. The van der Waals surface area contributed by atoms with Crippen molar-refractivity contribution >= 4 is 23.9 Å². The molecule has 21 heavy (non-hydrogen) atoms. The van der Waals surface area contributed by atoms with Gasteiger partial charge in [0.05, 0.1) is 5.69 Å². The maximum absolute atomic E-state index is 4.47. The van der Waals surface area contributed by atoms with E-state index in [2.05, 4.69) is 15.1 Å². The van der Waals surface area contributed by atoms with Crippen molar-refractivity contribution < 1.29 is 0 Å². The Bertz CT molecular complexity index is 735. The summed E-state index contributed by atoms with van der Waals surface area (Å²) in [5.74, 6) is 0.578. The summed E-state index contributed by atoms with van der Waals surface area (Å²) in [5.41, 5.74) is 1.98. The van der Waals surface area contributed by atoms with Crippen molar-refractivity contribution in [3.05, 3.63) is 66.2 Å². The Hall–Kier alpha value is -2.40. The molecule has 0 bridgehead atoms. The Kier molecular flexibility index (Phi) is 4.12. The molecule has 3 aromatic rings. The van der Waals surface area contributed by atoms with Gasteiger partial charge in [-0.25, -0.2) is 4.99 Å². The van der Waals surface area contributed by atoms with Crippen molar-refractivity contribution in [3.63, 3.8) is 0 Å². The zero-order valence-corrected chi connectivity index (χ0v) is 12.4. The van der Waals surface area contributed by atoms with Crippen LogP contribution in [-0.4, -0.2) is 27.2 Å². The first-order valence-corrected chi connectivity index (χ1v) is 7.75. The summed E-state index contributed by atoms with van der Waals surface area (Å²) in [6, 6.07) is 19.8. The van der Waals surface area contributed by atoms with Gasteiger partial charge in [-0.15, -0.1) is 5.10 Å². The number of nitrogens with zero attached hydrogens (tertiary/aromatic N) is 4. The van der Waals surface area contributed by atoms with E-state index < -0.39 is 0 Å². The molecule has 0 spiro atoms. The Morgan fingerprint density at radius 3 is 2.33 bits per heavy atom. The van der Waals surface area contributed by atoms with Gasteiger partial charge in [0.2, 0.25) is 5.16 Å². The van der Waals surface area contributed by atoms with Crippen LogP contribution in [-0.2, 0) is 0 Å². The number of para-hydroxylation sites is 1.